The van der Waals surface area contributed by atoms with Crippen molar-refractivity contribution in [1.29, 1.82) is 0 Å². The maximum atomic E-state index is 12.2. The van der Waals surface area contributed by atoms with Gasteiger partial charge in [-0.1, -0.05) is 44.6 Å². The van der Waals surface area contributed by atoms with Crippen LogP contribution in [0.15, 0.2) is 24.3 Å². The number of ether oxygens (including phenoxy) is 1. The minimum Gasteiger partial charge on any atom is -0.667 e. The summed E-state index contributed by atoms with van der Waals surface area (Å²) in [6.07, 6.45) is 6.58. The van der Waals surface area contributed by atoms with Gasteiger partial charge in [-0.25, -0.2) is 0 Å². The molecule has 146 valence electrons. The van der Waals surface area contributed by atoms with Gasteiger partial charge in [0.25, 0.3) is 0 Å². The summed E-state index contributed by atoms with van der Waals surface area (Å²) >= 11 is 0. The van der Waals surface area contributed by atoms with E-state index in [1.807, 2.05) is 6.92 Å². The lowest BCUT2D eigenvalue weighted by Gasteiger charge is -2.29. The SMILES string of the molecule is C[C@@H](CNc1ccc(OC(F)F)cc1)NC(=O)[C@@H]([NH-])CC1CCCCC1. The Bertz CT molecular complexity index is 548. The third kappa shape index (κ3) is 7.15. The number of anilines is 1. The maximum absolute atomic E-state index is 12.2. The monoisotopic (exact) mass is 368 g/mol. The average Bonchev–Trinajstić information content (AvgIpc) is 2.61. The number of halogens is 2. The zero-order valence-corrected chi connectivity index (χ0v) is 15.1. The van der Waals surface area contributed by atoms with Gasteiger partial charge in [-0.2, -0.15) is 8.78 Å². The fourth-order valence-electron chi connectivity index (χ4n) is 3.28. The summed E-state index contributed by atoms with van der Waals surface area (Å²) in [5.41, 5.74) is 8.82. The number of alkyl halides is 2. The van der Waals surface area contributed by atoms with Crippen LogP contribution in [0.5, 0.6) is 5.75 Å². The lowest BCUT2D eigenvalue weighted by Crippen LogP contribution is -2.42. The first-order valence-corrected chi connectivity index (χ1v) is 9.24. The Hall–Kier alpha value is -1.89. The van der Waals surface area contributed by atoms with Crippen molar-refractivity contribution in [3.05, 3.63) is 30.0 Å². The molecule has 5 nitrogen and oxygen atoms in total. The minimum absolute atomic E-state index is 0.103. The minimum atomic E-state index is -2.84. The van der Waals surface area contributed by atoms with Crippen LogP contribution in [0.4, 0.5) is 14.5 Å². The van der Waals surface area contributed by atoms with Crippen molar-refractivity contribution < 1.29 is 18.3 Å². The van der Waals surface area contributed by atoms with Crippen molar-refractivity contribution in [3.63, 3.8) is 0 Å². The summed E-state index contributed by atoms with van der Waals surface area (Å²) in [5.74, 6) is 0.372. The van der Waals surface area contributed by atoms with Crippen LogP contribution in [-0.2, 0) is 4.79 Å². The molecule has 2 rings (SSSR count). The molecule has 0 radical (unpaired) electrons. The summed E-state index contributed by atoms with van der Waals surface area (Å²) < 4.78 is 28.5. The van der Waals surface area contributed by atoms with Gasteiger partial charge in [0.05, 0.1) is 0 Å². The lowest BCUT2D eigenvalue weighted by atomic mass is 9.85. The summed E-state index contributed by atoms with van der Waals surface area (Å²) in [5, 5.41) is 6.00. The quantitative estimate of drug-likeness (QED) is 0.669. The predicted octanol–water partition coefficient (Wildman–Crippen LogP) is 4.60. The fraction of sp³-hybridized carbons (Fsp3) is 0.632. The topological polar surface area (TPSA) is 74.2 Å². The van der Waals surface area contributed by atoms with Crippen molar-refractivity contribution in [1.82, 2.24) is 5.32 Å². The summed E-state index contributed by atoms with van der Waals surface area (Å²) in [4.78, 5) is 12.2. The van der Waals surface area contributed by atoms with E-state index in [9.17, 15) is 13.6 Å². The smallest absolute Gasteiger partial charge is 0.387 e. The highest BCUT2D eigenvalue weighted by molar-refractivity contribution is 5.83. The highest BCUT2D eigenvalue weighted by Crippen LogP contribution is 2.28. The Morgan fingerprint density at radius 2 is 1.88 bits per heavy atom. The van der Waals surface area contributed by atoms with Crippen molar-refractivity contribution in [2.45, 2.75) is 64.1 Å². The van der Waals surface area contributed by atoms with Crippen molar-refractivity contribution in [2.75, 3.05) is 11.9 Å². The van der Waals surface area contributed by atoms with Gasteiger partial charge in [0.2, 0.25) is 5.91 Å². The first-order valence-electron chi connectivity index (χ1n) is 9.24. The molecule has 0 aliphatic heterocycles. The molecule has 0 bridgehead atoms. The molecule has 1 amide bonds. The number of hydrogen-bond donors (Lipinski definition) is 2. The lowest BCUT2D eigenvalue weighted by molar-refractivity contribution is -0.122. The number of rotatable bonds is 9. The molecule has 0 aromatic heterocycles. The second-order valence-corrected chi connectivity index (χ2v) is 6.99. The molecule has 1 fully saturated rings. The summed E-state index contributed by atoms with van der Waals surface area (Å²) in [7, 11) is 0. The zero-order chi connectivity index (χ0) is 18.9. The van der Waals surface area contributed by atoms with E-state index in [1.165, 1.54) is 31.4 Å². The molecule has 1 aromatic rings. The molecule has 0 saturated heterocycles. The molecule has 0 unspecified atom stereocenters. The van der Waals surface area contributed by atoms with Crippen LogP contribution >= 0.6 is 0 Å². The first-order chi connectivity index (χ1) is 12.4. The van der Waals surface area contributed by atoms with Gasteiger partial charge in [-0.3, -0.25) is 4.79 Å². The molecule has 0 heterocycles. The van der Waals surface area contributed by atoms with Crippen molar-refractivity contribution in [3.8, 4) is 5.75 Å². The average molecular weight is 368 g/mol. The van der Waals surface area contributed by atoms with Gasteiger partial charge in [0.15, 0.2) is 0 Å². The van der Waals surface area contributed by atoms with E-state index in [2.05, 4.69) is 15.4 Å². The molecular weight excluding hydrogens is 340 g/mol. The summed E-state index contributed by atoms with van der Waals surface area (Å²) in [6.45, 7) is -0.487. The molecule has 3 N–H and O–H groups in total. The third-order valence-corrected chi connectivity index (χ3v) is 4.69. The van der Waals surface area contributed by atoms with Crippen LogP contribution in [0.1, 0.15) is 45.4 Å². The Morgan fingerprint density at radius 3 is 2.50 bits per heavy atom. The van der Waals surface area contributed by atoms with Gasteiger partial charge in [0.1, 0.15) is 5.75 Å². The molecule has 26 heavy (non-hydrogen) atoms. The van der Waals surface area contributed by atoms with E-state index < -0.39 is 12.7 Å². The van der Waals surface area contributed by atoms with E-state index in [0.29, 0.717) is 18.9 Å². The Morgan fingerprint density at radius 1 is 1.23 bits per heavy atom. The molecule has 0 spiro atoms. The van der Waals surface area contributed by atoms with E-state index in [0.717, 1.165) is 18.5 Å². The Kier molecular flexibility index (Phi) is 8.09. The molecular formula is C19H28F2N3O2-. The van der Waals surface area contributed by atoms with Gasteiger partial charge >= 0.3 is 6.61 Å². The van der Waals surface area contributed by atoms with Crippen LogP contribution in [0.2, 0.25) is 0 Å². The first kappa shape index (κ1) is 20.4. The Labute approximate surface area is 153 Å². The molecule has 1 saturated carbocycles. The highest BCUT2D eigenvalue weighted by atomic mass is 19.3. The van der Waals surface area contributed by atoms with Crippen LogP contribution in [0.25, 0.3) is 5.73 Å². The van der Waals surface area contributed by atoms with Gasteiger partial charge in [-0.05, 0) is 37.1 Å². The van der Waals surface area contributed by atoms with Gasteiger partial charge in [0, 0.05) is 18.3 Å². The normalized spacial score (nSPS) is 17.6. The van der Waals surface area contributed by atoms with Crippen molar-refractivity contribution in [2.24, 2.45) is 5.92 Å². The largest absolute Gasteiger partial charge is 0.667 e. The summed E-state index contributed by atoms with van der Waals surface area (Å²) in [6, 6.07) is 5.35. The zero-order valence-electron chi connectivity index (χ0n) is 15.1. The Balaban J connectivity index is 1.70. The fourth-order valence-corrected chi connectivity index (χ4v) is 3.28. The highest BCUT2D eigenvalue weighted by Gasteiger charge is 2.18. The van der Waals surface area contributed by atoms with E-state index in [1.54, 1.807) is 12.1 Å². The van der Waals surface area contributed by atoms with Crippen LogP contribution < -0.4 is 15.4 Å². The number of hydrogen-bond acceptors (Lipinski definition) is 3. The number of amides is 1. The van der Waals surface area contributed by atoms with E-state index >= 15 is 0 Å². The second-order valence-electron chi connectivity index (χ2n) is 6.99. The van der Waals surface area contributed by atoms with E-state index in [-0.39, 0.29) is 17.7 Å². The third-order valence-electron chi connectivity index (χ3n) is 4.69. The number of benzene rings is 1. The maximum Gasteiger partial charge on any atom is 0.387 e. The van der Waals surface area contributed by atoms with Gasteiger partial charge < -0.3 is 21.1 Å². The molecule has 1 aromatic carbocycles. The molecule has 7 heteroatoms. The number of carbonyl (C=O) groups is 1. The standard InChI is InChI=1S/C19H28F2N3O2/c1-13(12-23-15-7-9-16(10-8-15)26-19(20)21)24-18(25)17(22)11-14-5-3-2-4-6-14/h7-10,13-14,17,19,22-23H,2-6,11-12H2,1H3,(H,24,25)/q-1/t13-,17-/m0/s1. The van der Waals surface area contributed by atoms with Crippen molar-refractivity contribution >= 4 is 11.6 Å². The molecule has 1 aliphatic rings. The van der Waals surface area contributed by atoms with Crippen LogP contribution in [-0.4, -0.2) is 31.1 Å². The second kappa shape index (κ2) is 10.3. The number of carbonyl (C=O) groups excluding carboxylic acids is 1. The van der Waals surface area contributed by atoms with E-state index in [4.69, 9.17) is 5.73 Å². The van der Waals surface area contributed by atoms with Gasteiger partial charge in [-0.15, -0.1) is 0 Å². The number of nitrogens with one attached hydrogen (secondary N) is 3. The van der Waals surface area contributed by atoms with Crippen LogP contribution in [0.3, 0.4) is 0 Å². The molecule has 1 aliphatic carbocycles. The van der Waals surface area contributed by atoms with Crippen LogP contribution in [0, 0.1) is 5.92 Å². The predicted molar refractivity (Wildman–Crippen MR) is 98.5 cm³/mol. The molecule has 2 atom stereocenters.